The Bertz CT molecular complexity index is 600. The van der Waals surface area contributed by atoms with Crippen LogP contribution in [0.3, 0.4) is 0 Å². The summed E-state index contributed by atoms with van der Waals surface area (Å²) in [5.41, 5.74) is 3.94. The largest absolute Gasteiger partial charge is 0.271 e. The summed E-state index contributed by atoms with van der Waals surface area (Å²) in [4.78, 5) is 0. The summed E-state index contributed by atoms with van der Waals surface area (Å²) in [5, 5.41) is 4.25. The summed E-state index contributed by atoms with van der Waals surface area (Å²) in [6.45, 7) is 2.74. The molecule has 0 aliphatic rings. The maximum Gasteiger partial charge on any atom is 0.159 e. The lowest BCUT2D eigenvalue weighted by Gasteiger charge is -2.19. The van der Waals surface area contributed by atoms with Crippen molar-refractivity contribution in [2.24, 2.45) is 5.84 Å². The van der Waals surface area contributed by atoms with E-state index in [1.165, 1.54) is 6.07 Å². The molecule has 3 N–H and O–H groups in total. The molecule has 1 atom stereocenters. The van der Waals surface area contributed by atoms with E-state index < -0.39 is 17.7 Å². The minimum Gasteiger partial charge on any atom is -0.271 e. The molecule has 2 aromatic rings. The number of hydrazine groups is 1. The van der Waals surface area contributed by atoms with Crippen LogP contribution in [-0.2, 0) is 6.54 Å². The molecule has 4 nitrogen and oxygen atoms in total. The molecule has 20 heavy (non-hydrogen) atoms. The monoisotopic (exact) mass is 344 g/mol. The maximum absolute atomic E-state index is 13.4. The quantitative estimate of drug-likeness (QED) is 0.647. The van der Waals surface area contributed by atoms with E-state index in [1.807, 2.05) is 6.92 Å². The Morgan fingerprint density at radius 1 is 1.40 bits per heavy atom. The van der Waals surface area contributed by atoms with Crippen LogP contribution in [0.5, 0.6) is 0 Å². The molecule has 7 heteroatoms. The van der Waals surface area contributed by atoms with Crippen molar-refractivity contribution >= 4 is 15.9 Å². The topological polar surface area (TPSA) is 55.9 Å². The van der Waals surface area contributed by atoms with Gasteiger partial charge in [-0.05, 0) is 40.0 Å². The van der Waals surface area contributed by atoms with E-state index >= 15 is 0 Å². The number of hydrogen-bond acceptors (Lipinski definition) is 3. The molecule has 0 aliphatic carbocycles. The molecular weight excluding hydrogens is 330 g/mol. The van der Waals surface area contributed by atoms with Crippen molar-refractivity contribution < 1.29 is 8.78 Å². The smallest absolute Gasteiger partial charge is 0.159 e. The molecule has 1 unspecified atom stereocenters. The van der Waals surface area contributed by atoms with Gasteiger partial charge in [0.2, 0.25) is 0 Å². The molecule has 0 aliphatic heterocycles. The Morgan fingerprint density at radius 2 is 2.15 bits per heavy atom. The first kappa shape index (κ1) is 15.1. The van der Waals surface area contributed by atoms with Crippen molar-refractivity contribution in [2.75, 3.05) is 0 Å². The van der Waals surface area contributed by atoms with Crippen LogP contribution < -0.4 is 11.3 Å². The molecule has 0 saturated carbocycles. The zero-order valence-corrected chi connectivity index (χ0v) is 12.5. The average molecular weight is 345 g/mol. The zero-order valence-electron chi connectivity index (χ0n) is 10.9. The fraction of sp³-hybridized carbons (Fsp3) is 0.308. The van der Waals surface area contributed by atoms with Crippen molar-refractivity contribution in [1.29, 1.82) is 0 Å². The van der Waals surface area contributed by atoms with E-state index in [0.29, 0.717) is 12.1 Å². The van der Waals surface area contributed by atoms with E-state index in [1.54, 1.807) is 10.9 Å². The van der Waals surface area contributed by atoms with Gasteiger partial charge in [-0.3, -0.25) is 10.5 Å². The van der Waals surface area contributed by atoms with Gasteiger partial charge < -0.3 is 0 Å². The van der Waals surface area contributed by atoms with Gasteiger partial charge in [0.15, 0.2) is 11.6 Å². The summed E-state index contributed by atoms with van der Waals surface area (Å²) in [6.07, 6.45) is 2.56. The van der Waals surface area contributed by atoms with Crippen LogP contribution in [0.15, 0.2) is 28.9 Å². The second kappa shape index (κ2) is 6.43. The van der Waals surface area contributed by atoms with Crippen LogP contribution in [-0.4, -0.2) is 9.78 Å². The van der Waals surface area contributed by atoms with Crippen LogP contribution in [0.4, 0.5) is 8.78 Å². The lowest BCUT2D eigenvalue weighted by Crippen LogP contribution is -2.31. The van der Waals surface area contributed by atoms with E-state index in [9.17, 15) is 8.78 Å². The van der Waals surface area contributed by atoms with Gasteiger partial charge in [-0.25, -0.2) is 14.2 Å². The molecule has 1 aromatic carbocycles. The van der Waals surface area contributed by atoms with E-state index in [0.717, 1.165) is 28.7 Å². The summed E-state index contributed by atoms with van der Waals surface area (Å²) < 4.78 is 29.0. The number of nitrogens with zero attached hydrogens (tertiary/aromatic N) is 2. The number of benzene rings is 1. The van der Waals surface area contributed by atoms with Gasteiger partial charge in [0.1, 0.15) is 0 Å². The third kappa shape index (κ3) is 2.89. The Labute approximate surface area is 124 Å². The second-order valence-electron chi connectivity index (χ2n) is 4.37. The molecule has 0 radical (unpaired) electrons. The third-order valence-electron chi connectivity index (χ3n) is 2.99. The molecule has 1 aromatic heterocycles. The molecule has 0 fully saturated rings. The van der Waals surface area contributed by atoms with Crippen LogP contribution in [0.1, 0.15) is 30.6 Å². The fourth-order valence-electron chi connectivity index (χ4n) is 2.07. The number of nitrogens with two attached hydrogens (primary N) is 1. The summed E-state index contributed by atoms with van der Waals surface area (Å²) >= 11 is 3.41. The normalized spacial score (nSPS) is 12.7. The molecule has 0 amide bonds. The summed E-state index contributed by atoms with van der Waals surface area (Å²) in [7, 11) is 0. The number of rotatable bonds is 5. The number of aryl methyl sites for hydroxylation is 1. The van der Waals surface area contributed by atoms with E-state index in [-0.39, 0.29) is 0 Å². The van der Waals surface area contributed by atoms with Crippen LogP contribution in [0.25, 0.3) is 0 Å². The third-order valence-corrected chi connectivity index (χ3v) is 3.60. The second-order valence-corrected chi connectivity index (χ2v) is 5.23. The van der Waals surface area contributed by atoms with Gasteiger partial charge in [-0.2, -0.15) is 5.10 Å². The minimum atomic E-state index is -0.902. The minimum absolute atomic E-state index is 0.478. The Morgan fingerprint density at radius 3 is 2.75 bits per heavy atom. The number of aromatic nitrogens is 2. The summed E-state index contributed by atoms with van der Waals surface area (Å²) in [5.74, 6) is 3.80. The van der Waals surface area contributed by atoms with Crippen LogP contribution in [0.2, 0.25) is 0 Å². The van der Waals surface area contributed by atoms with Crippen molar-refractivity contribution in [3.05, 3.63) is 51.8 Å². The van der Waals surface area contributed by atoms with Crippen LogP contribution >= 0.6 is 15.9 Å². The lowest BCUT2D eigenvalue weighted by molar-refractivity contribution is 0.495. The SMILES string of the molecule is CCCn1ncc(Br)c1C(NN)c1ccc(F)c(F)c1. The van der Waals surface area contributed by atoms with Gasteiger partial charge in [0.25, 0.3) is 0 Å². The molecule has 108 valence electrons. The highest BCUT2D eigenvalue weighted by atomic mass is 79.9. The predicted octanol–water partition coefficient (Wildman–Crippen LogP) is 2.89. The number of halogens is 3. The van der Waals surface area contributed by atoms with Crippen molar-refractivity contribution in [2.45, 2.75) is 25.9 Å². The molecule has 2 rings (SSSR count). The standard InChI is InChI=1S/C13H15BrF2N4/c1-2-5-20-13(9(14)7-18-20)12(19-17)8-3-4-10(15)11(16)6-8/h3-4,6-7,12,19H,2,5,17H2,1H3. The Kier molecular flexibility index (Phi) is 4.85. The van der Waals surface area contributed by atoms with Gasteiger partial charge in [0.05, 0.1) is 22.4 Å². The lowest BCUT2D eigenvalue weighted by atomic mass is 10.0. The first-order valence-electron chi connectivity index (χ1n) is 6.20. The Balaban J connectivity index is 2.46. The molecule has 0 spiro atoms. The van der Waals surface area contributed by atoms with Crippen LogP contribution in [0, 0.1) is 11.6 Å². The molecular formula is C13H15BrF2N4. The zero-order chi connectivity index (χ0) is 14.7. The number of hydrogen-bond donors (Lipinski definition) is 2. The van der Waals surface area contributed by atoms with Gasteiger partial charge >= 0.3 is 0 Å². The molecule has 0 saturated heterocycles. The van der Waals surface area contributed by atoms with E-state index in [4.69, 9.17) is 5.84 Å². The fourth-order valence-corrected chi connectivity index (χ4v) is 2.60. The van der Waals surface area contributed by atoms with Crippen molar-refractivity contribution in [3.63, 3.8) is 0 Å². The van der Waals surface area contributed by atoms with Gasteiger partial charge in [-0.1, -0.05) is 13.0 Å². The highest BCUT2D eigenvalue weighted by Crippen LogP contribution is 2.29. The highest BCUT2D eigenvalue weighted by Gasteiger charge is 2.21. The highest BCUT2D eigenvalue weighted by molar-refractivity contribution is 9.10. The predicted molar refractivity (Wildman–Crippen MR) is 75.7 cm³/mol. The first-order valence-corrected chi connectivity index (χ1v) is 7.00. The van der Waals surface area contributed by atoms with Crippen molar-refractivity contribution in [3.8, 4) is 0 Å². The average Bonchev–Trinajstić information content (AvgIpc) is 2.77. The van der Waals surface area contributed by atoms with Gasteiger partial charge in [0, 0.05) is 6.54 Å². The van der Waals surface area contributed by atoms with E-state index in [2.05, 4.69) is 26.5 Å². The molecule has 0 bridgehead atoms. The molecule has 1 heterocycles. The maximum atomic E-state index is 13.4. The van der Waals surface area contributed by atoms with Gasteiger partial charge in [-0.15, -0.1) is 0 Å². The number of nitrogens with one attached hydrogen (secondary N) is 1. The summed E-state index contributed by atoms with van der Waals surface area (Å²) in [6, 6.07) is 3.24. The Hall–Kier alpha value is -1.31. The van der Waals surface area contributed by atoms with Crippen molar-refractivity contribution in [1.82, 2.24) is 15.2 Å². The first-order chi connectivity index (χ1) is 9.58.